The largest absolute Gasteiger partial charge is 0.397 e. The number of nitrogens with two attached hydrogens (primary N) is 1. The van der Waals surface area contributed by atoms with Gasteiger partial charge in [0, 0.05) is 6.54 Å². The molecular weight excluding hydrogens is 210 g/mol. The minimum atomic E-state index is 0.774. The van der Waals surface area contributed by atoms with Crippen molar-refractivity contribution in [2.45, 2.75) is 6.54 Å². The zero-order valence-corrected chi connectivity index (χ0v) is 9.38. The van der Waals surface area contributed by atoms with Gasteiger partial charge in [0.1, 0.15) is 0 Å². The summed E-state index contributed by atoms with van der Waals surface area (Å²) in [5.74, 6) is 0. The van der Waals surface area contributed by atoms with Crippen LogP contribution in [0, 0.1) is 0 Å². The first kappa shape index (κ1) is 9.90. The van der Waals surface area contributed by atoms with Gasteiger partial charge in [0.2, 0.25) is 0 Å². The number of aromatic nitrogens is 2. The molecule has 0 aliphatic carbocycles. The van der Waals surface area contributed by atoms with Crippen molar-refractivity contribution in [3.63, 3.8) is 0 Å². The Labute approximate surface area is 99.5 Å². The van der Waals surface area contributed by atoms with Gasteiger partial charge < -0.3 is 10.3 Å². The molecule has 0 atom stereocenters. The number of hydrogen-bond acceptors (Lipinski definition) is 2. The first-order valence-corrected chi connectivity index (χ1v) is 5.58. The first-order valence-electron chi connectivity index (χ1n) is 5.58. The quantitative estimate of drug-likeness (QED) is 0.679. The minimum absolute atomic E-state index is 0.774. The van der Waals surface area contributed by atoms with E-state index in [1.165, 1.54) is 5.56 Å². The van der Waals surface area contributed by atoms with E-state index in [0.29, 0.717) is 0 Å². The lowest BCUT2D eigenvalue weighted by Crippen LogP contribution is -1.99. The minimum Gasteiger partial charge on any atom is -0.397 e. The van der Waals surface area contributed by atoms with Crippen LogP contribution in [0.2, 0.25) is 0 Å². The number of anilines is 1. The highest BCUT2D eigenvalue weighted by atomic mass is 15.0. The second kappa shape index (κ2) is 3.94. The Kier molecular flexibility index (Phi) is 2.29. The maximum absolute atomic E-state index is 5.99. The molecule has 3 aromatic rings. The molecule has 2 aromatic carbocycles. The number of rotatable bonds is 2. The van der Waals surface area contributed by atoms with Crippen LogP contribution in [0.3, 0.4) is 0 Å². The second-order valence-corrected chi connectivity index (χ2v) is 4.07. The van der Waals surface area contributed by atoms with Crippen molar-refractivity contribution in [3.05, 3.63) is 60.4 Å². The predicted octanol–water partition coefficient (Wildman–Crippen LogP) is 2.67. The molecule has 1 heterocycles. The monoisotopic (exact) mass is 223 g/mol. The fraction of sp³-hybridized carbons (Fsp3) is 0.0714. The lowest BCUT2D eigenvalue weighted by Gasteiger charge is -2.06. The Morgan fingerprint density at radius 1 is 1.00 bits per heavy atom. The summed E-state index contributed by atoms with van der Waals surface area (Å²) in [5.41, 5.74) is 9.97. The number of fused-ring (bicyclic) bond motifs is 1. The summed E-state index contributed by atoms with van der Waals surface area (Å²) in [4.78, 5) is 4.36. The number of nitrogens with zero attached hydrogens (tertiary/aromatic N) is 2. The Morgan fingerprint density at radius 3 is 2.65 bits per heavy atom. The second-order valence-electron chi connectivity index (χ2n) is 4.07. The number of nitrogen functional groups attached to an aromatic ring is 1. The molecule has 3 rings (SSSR count). The third kappa shape index (κ3) is 1.76. The number of benzene rings is 2. The fourth-order valence-electron chi connectivity index (χ4n) is 2.06. The van der Waals surface area contributed by atoms with E-state index >= 15 is 0 Å². The highest BCUT2D eigenvalue weighted by molar-refractivity contribution is 5.87. The van der Waals surface area contributed by atoms with Crippen LogP contribution in [0.4, 0.5) is 5.69 Å². The summed E-state index contributed by atoms with van der Waals surface area (Å²) in [5, 5.41) is 0. The zero-order valence-electron chi connectivity index (χ0n) is 9.38. The van der Waals surface area contributed by atoms with Gasteiger partial charge in [0.05, 0.1) is 23.0 Å². The Morgan fingerprint density at radius 2 is 1.82 bits per heavy atom. The summed E-state index contributed by atoms with van der Waals surface area (Å²) in [6, 6.07) is 16.1. The van der Waals surface area contributed by atoms with E-state index in [9.17, 15) is 0 Å². The van der Waals surface area contributed by atoms with E-state index in [2.05, 4.69) is 21.7 Å². The Hall–Kier alpha value is -2.29. The molecule has 0 unspecified atom stereocenters. The van der Waals surface area contributed by atoms with E-state index in [1.54, 1.807) is 0 Å². The van der Waals surface area contributed by atoms with Crippen molar-refractivity contribution in [2.75, 3.05) is 5.73 Å². The summed E-state index contributed by atoms with van der Waals surface area (Å²) in [7, 11) is 0. The van der Waals surface area contributed by atoms with Crippen molar-refractivity contribution in [2.24, 2.45) is 0 Å². The number of para-hydroxylation sites is 1. The smallest absolute Gasteiger partial charge is 0.0962 e. The average molecular weight is 223 g/mol. The molecule has 84 valence electrons. The van der Waals surface area contributed by atoms with Crippen LogP contribution in [0.5, 0.6) is 0 Å². The molecule has 3 heteroatoms. The molecule has 0 amide bonds. The van der Waals surface area contributed by atoms with Crippen molar-refractivity contribution < 1.29 is 0 Å². The zero-order chi connectivity index (χ0) is 11.7. The molecule has 0 fully saturated rings. The van der Waals surface area contributed by atoms with Crippen LogP contribution < -0.4 is 5.73 Å². The molecule has 17 heavy (non-hydrogen) atoms. The molecular formula is C14H13N3. The summed E-state index contributed by atoms with van der Waals surface area (Å²) >= 11 is 0. The lowest BCUT2D eigenvalue weighted by molar-refractivity contribution is 0.825. The standard InChI is InChI=1S/C14H13N3/c15-12-7-4-8-13-14(12)17(10-16-13)9-11-5-2-1-3-6-11/h1-8,10H,9,15H2. The molecule has 0 spiro atoms. The van der Waals surface area contributed by atoms with Crippen molar-refractivity contribution in [1.29, 1.82) is 0 Å². The maximum atomic E-state index is 5.99. The topological polar surface area (TPSA) is 43.8 Å². The van der Waals surface area contributed by atoms with Gasteiger partial charge in [0.25, 0.3) is 0 Å². The van der Waals surface area contributed by atoms with Crippen LogP contribution >= 0.6 is 0 Å². The van der Waals surface area contributed by atoms with Crippen LogP contribution in [-0.4, -0.2) is 9.55 Å². The average Bonchev–Trinajstić information content (AvgIpc) is 2.75. The number of hydrogen-bond donors (Lipinski definition) is 1. The third-order valence-corrected chi connectivity index (χ3v) is 2.87. The molecule has 3 nitrogen and oxygen atoms in total. The molecule has 0 aliphatic heterocycles. The fourth-order valence-corrected chi connectivity index (χ4v) is 2.06. The van der Waals surface area contributed by atoms with Crippen molar-refractivity contribution >= 4 is 16.7 Å². The van der Waals surface area contributed by atoms with Gasteiger partial charge >= 0.3 is 0 Å². The van der Waals surface area contributed by atoms with Crippen LogP contribution in [0.1, 0.15) is 5.56 Å². The number of imidazole rings is 1. The van der Waals surface area contributed by atoms with Crippen LogP contribution in [0.25, 0.3) is 11.0 Å². The maximum Gasteiger partial charge on any atom is 0.0962 e. The van der Waals surface area contributed by atoms with E-state index < -0.39 is 0 Å². The molecule has 1 aromatic heterocycles. The highest BCUT2D eigenvalue weighted by Gasteiger charge is 2.05. The Balaban J connectivity index is 2.07. The molecule has 0 bridgehead atoms. The first-order chi connectivity index (χ1) is 8.34. The summed E-state index contributed by atoms with van der Waals surface area (Å²) < 4.78 is 2.08. The van der Waals surface area contributed by atoms with Gasteiger partial charge in [-0.3, -0.25) is 0 Å². The van der Waals surface area contributed by atoms with E-state index in [0.717, 1.165) is 23.3 Å². The van der Waals surface area contributed by atoms with E-state index in [-0.39, 0.29) is 0 Å². The van der Waals surface area contributed by atoms with Gasteiger partial charge in [0.15, 0.2) is 0 Å². The molecule has 0 saturated heterocycles. The predicted molar refractivity (Wildman–Crippen MR) is 69.7 cm³/mol. The molecule has 0 radical (unpaired) electrons. The normalized spacial score (nSPS) is 10.8. The summed E-state index contributed by atoms with van der Waals surface area (Å²) in [6.07, 6.45) is 1.84. The van der Waals surface area contributed by atoms with Crippen molar-refractivity contribution in [1.82, 2.24) is 9.55 Å². The van der Waals surface area contributed by atoms with Gasteiger partial charge in [-0.15, -0.1) is 0 Å². The summed E-state index contributed by atoms with van der Waals surface area (Å²) in [6.45, 7) is 0.797. The SMILES string of the molecule is Nc1cccc2ncn(Cc3ccccc3)c12. The van der Waals surface area contributed by atoms with Gasteiger partial charge in [-0.25, -0.2) is 4.98 Å². The highest BCUT2D eigenvalue weighted by Crippen LogP contribution is 2.20. The van der Waals surface area contributed by atoms with Gasteiger partial charge in [-0.05, 0) is 17.7 Å². The molecule has 2 N–H and O–H groups in total. The third-order valence-electron chi connectivity index (χ3n) is 2.87. The van der Waals surface area contributed by atoms with Gasteiger partial charge in [-0.2, -0.15) is 0 Å². The molecule has 0 aliphatic rings. The van der Waals surface area contributed by atoms with Crippen LogP contribution in [0.15, 0.2) is 54.9 Å². The van der Waals surface area contributed by atoms with Gasteiger partial charge in [-0.1, -0.05) is 36.4 Å². The Bertz CT molecular complexity index is 641. The van der Waals surface area contributed by atoms with E-state index in [4.69, 9.17) is 5.73 Å². The molecule has 0 saturated carbocycles. The van der Waals surface area contributed by atoms with E-state index in [1.807, 2.05) is 42.7 Å². The van der Waals surface area contributed by atoms with Crippen LogP contribution in [-0.2, 0) is 6.54 Å². The van der Waals surface area contributed by atoms with Crippen molar-refractivity contribution in [3.8, 4) is 0 Å². The lowest BCUT2D eigenvalue weighted by atomic mass is 10.2.